The summed E-state index contributed by atoms with van der Waals surface area (Å²) in [7, 11) is 0. The van der Waals surface area contributed by atoms with Gasteiger partial charge in [-0.25, -0.2) is 4.39 Å². The molecule has 72 valence electrons. The summed E-state index contributed by atoms with van der Waals surface area (Å²) >= 11 is 0. The lowest BCUT2D eigenvalue weighted by Gasteiger charge is -2.17. The fraction of sp³-hybridized carbons (Fsp3) is 1.00. The van der Waals surface area contributed by atoms with Gasteiger partial charge in [-0.3, -0.25) is 0 Å². The van der Waals surface area contributed by atoms with Crippen LogP contribution in [-0.4, -0.2) is 29.1 Å². The van der Waals surface area contributed by atoms with Crippen molar-refractivity contribution in [2.45, 2.75) is 32.5 Å². The Labute approximate surface area is 72.4 Å². The SMILES string of the molecule is CC(C)[C@@H]1C[C@H](CO)[C@@H](O)[C@H]1F. The molecule has 0 bridgehead atoms. The van der Waals surface area contributed by atoms with Crippen molar-refractivity contribution in [3.63, 3.8) is 0 Å². The Bertz CT molecular complexity index is 149. The second-order valence-corrected chi connectivity index (χ2v) is 4.02. The van der Waals surface area contributed by atoms with Gasteiger partial charge in [0.15, 0.2) is 0 Å². The van der Waals surface area contributed by atoms with Crippen LogP contribution in [0.1, 0.15) is 20.3 Å². The van der Waals surface area contributed by atoms with Crippen molar-refractivity contribution in [2.24, 2.45) is 17.8 Å². The van der Waals surface area contributed by atoms with Crippen LogP contribution < -0.4 is 0 Å². The Morgan fingerprint density at radius 2 is 2.08 bits per heavy atom. The van der Waals surface area contributed by atoms with Gasteiger partial charge in [0.1, 0.15) is 6.17 Å². The topological polar surface area (TPSA) is 40.5 Å². The van der Waals surface area contributed by atoms with Crippen LogP contribution >= 0.6 is 0 Å². The molecule has 1 saturated carbocycles. The number of hydrogen-bond acceptors (Lipinski definition) is 2. The molecular formula is C9H17FO2. The summed E-state index contributed by atoms with van der Waals surface area (Å²) in [6.45, 7) is 3.79. The summed E-state index contributed by atoms with van der Waals surface area (Å²) in [5, 5.41) is 18.2. The molecule has 1 fully saturated rings. The first kappa shape index (κ1) is 9.93. The summed E-state index contributed by atoms with van der Waals surface area (Å²) in [4.78, 5) is 0. The summed E-state index contributed by atoms with van der Waals surface area (Å²) in [6.07, 6.45) is -1.50. The number of rotatable bonds is 2. The van der Waals surface area contributed by atoms with Gasteiger partial charge < -0.3 is 10.2 Å². The summed E-state index contributed by atoms with van der Waals surface area (Å²) in [5.74, 6) is -0.101. The molecule has 0 radical (unpaired) electrons. The average molecular weight is 176 g/mol. The average Bonchev–Trinajstić information content (AvgIpc) is 2.30. The maximum atomic E-state index is 13.3. The molecule has 2 nitrogen and oxygen atoms in total. The van der Waals surface area contributed by atoms with Crippen molar-refractivity contribution in [2.75, 3.05) is 6.61 Å². The fourth-order valence-electron chi connectivity index (χ4n) is 1.95. The Balaban J connectivity index is 2.60. The van der Waals surface area contributed by atoms with E-state index >= 15 is 0 Å². The Hall–Kier alpha value is -0.150. The van der Waals surface area contributed by atoms with Gasteiger partial charge in [-0.1, -0.05) is 13.8 Å². The molecule has 12 heavy (non-hydrogen) atoms. The molecule has 2 N–H and O–H groups in total. The quantitative estimate of drug-likeness (QED) is 0.658. The van der Waals surface area contributed by atoms with E-state index in [-0.39, 0.29) is 24.4 Å². The molecule has 1 rings (SSSR count). The van der Waals surface area contributed by atoms with Crippen LogP contribution in [0, 0.1) is 17.8 Å². The van der Waals surface area contributed by atoms with E-state index < -0.39 is 12.3 Å². The van der Waals surface area contributed by atoms with E-state index in [1.54, 1.807) is 0 Å². The molecule has 0 saturated heterocycles. The number of halogens is 1. The zero-order valence-corrected chi connectivity index (χ0v) is 7.57. The highest BCUT2D eigenvalue weighted by Gasteiger charge is 2.43. The molecule has 0 aromatic heterocycles. The largest absolute Gasteiger partial charge is 0.396 e. The van der Waals surface area contributed by atoms with Crippen LogP contribution in [0.2, 0.25) is 0 Å². The van der Waals surface area contributed by atoms with Crippen LogP contribution in [0.5, 0.6) is 0 Å². The van der Waals surface area contributed by atoms with Gasteiger partial charge in [-0.05, 0) is 18.3 Å². The minimum atomic E-state index is -1.15. The molecule has 0 amide bonds. The first-order chi connectivity index (χ1) is 5.57. The molecule has 3 heteroatoms. The monoisotopic (exact) mass is 176 g/mol. The molecule has 0 heterocycles. The molecule has 1 aliphatic rings. The van der Waals surface area contributed by atoms with Crippen LogP contribution in [0.3, 0.4) is 0 Å². The highest BCUT2D eigenvalue weighted by Crippen LogP contribution is 2.37. The van der Waals surface area contributed by atoms with Crippen LogP contribution in [0.25, 0.3) is 0 Å². The van der Waals surface area contributed by atoms with E-state index in [4.69, 9.17) is 5.11 Å². The Morgan fingerprint density at radius 1 is 1.50 bits per heavy atom. The minimum Gasteiger partial charge on any atom is -0.396 e. The minimum absolute atomic E-state index is 0.0860. The van der Waals surface area contributed by atoms with E-state index in [1.807, 2.05) is 13.8 Å². The smallest absolute Gasteiger partial charge is 0.129 e. The molecule has 0 spiro atoms. The van der Waals surface area contributed by atoms with Gasteiger partial charge in [0, 0.05) is 12.5 Å². The predicted molar refractivity (Wildman–Crippen MR) is 44.4 cm³/mol. The van der Waals surface area contributed by atoms with Crippen molar-refractivity contribution in [3.05, 3.63) is 0 Å². The van der Waals surface area contributed by atoms with Crippen LogP contribution in [0.15, 0.2) is 0 Å². The second-order valence-electron chi connectivity index (χ2n) is 4.02. The number of aliphatic hydroxyl groups excluding tert-OH is 2. The molecule has 4 atom stereocenters. The van der Waals surface area contributed by atoms with E-state index in [1.165, 1.54) is 0 Å². The van der Waals surface area contributed by atoms with E-state index in [0.29, 0.717) is 6.42 Å². The Kier molecular flexibility index (Phi) is 3.07. The van der Waals surface area contributed by atoms with Crippen molar-refractivity contribution in [1.82, 2.24) is 0 Å². The first-order valence-corrected chi connectivity index (χ1v) is 4.51. The number of aliphatic hydroxyl groups is 2. The summed E-state index contributed by atoms with van der Waals surface area (Å²) in [5.41, 5.74) is 0. The third kappa shape index (κ3) is 1.62. The van der Waals surface area contributed by atoms with Gasteiger partial charge in [-0.2, -0.15) is 0 Å². The van der Waals surface area contributed by atoms with Crippen molar-refractivity contribution < 1.29 is 14.6 Å². The molecule has 0 aliphatic heterocycles. The van der Waals surface area contributed by atoms with Gasteiger partial charge in [0.2, 0.25) is 0 Å². The predicted octanol–water partition coefficient (Wildman–Crippen LogP) is 0.970. The van der Waals surface area contributed by atoms with Gasteiger partial charge in [-0.15, -0.1) is 0 Å². The standard InChI is InChI=1S/C9H17FO2/c1-5(2)7-3-6(4-11)9(12)8(7)10/h5-9,11-12H,3-4H2,1-2H3/t6-,7+,8+,9-/m1/s1. The van der Waals surface area contributed by atoms with Crippen LogP contribution in [0.4, 0.5) is 4.39 Å². The maximum absolute atomic E-state index is 13.3. The number of alkyl halides is 1. The van der Waals surface area contributed by atoms with Gasteiger partial charge in [0.05, 0.1) is 6.10 Å². The van der Waals surface area contributed by atoms with E-state index in [2.05, 4.69) is 0 Å². The first-order valence-electron chi connectivity index (χ1n) is 4.51. The van der Waals surface area contributed by atoms with Crippen molar-refractivity contribution >= 4 is 0 Å². The normalized spacial score (nSPS) is 42.5. The molecule has 0 aromatic carbocycles. The lowest BCUT2D eigenvalue weighted by atomic mass is 9.92. The van der Waals surface area contributed by atoms with E-state index in [9.17, 15) is 9.50 Å². The maximum Gasteiger partial charge on any atom is 0.129 e. The molecule has 0 aromatic rings. The van der Waals surface area contributed by atoms with Crippen molar-refractivity contribution in [3.8, 4) is 0 Å². The van der Waals surface area contributed by atoms with Gasteiger partial charge >= 0.3 is 0 Å². The lowest BCUT2D eigenvalue weighted by molar-refractivity contribution is 0.0351. The zero-order chi connectivity index (χ0) is 9.30. The highest BCUT2D eigenvalue weighted by atomic mass is 19.1. The summed E-state index contributed by atoms with van der Waals surface area (Å²) < 4.78 is 13.3. The number of hydrogen-bond donors (Lipinski definition) is 2. The molecule has 0 unspecified atom stereocenters. The molecule has 1 aliphatic carbocycles. The molecular weight excluding hydrogens is 159 g/mol. The summed E-state index contributed by atoms with van der Waals surface area (Å²) in [6, 6.07) is 0. The lowest BCUT2D eigenvalue weighted by Crippen LogP contribution is -2.27. The Morgan fingerprint density at radius 3 is 2.33 bits per heavy atom. The third-order valence-corrected chi connectivity index (χ3v) is 2.88. The zero-order valence-electron chi connectivity index (χ0n) is 7.57. The van der Waals surface area contributed by atoms with Crippen LogP contribution in [-0.2, 0) is 0 Å². The third-order valence-electron chi connectivity index (χ3n) is 2.88. The van der Waals surface area contributed by atoms with Gasteiger partial charge in [0.25, 0.3) is 0 Å². The van der Waals surface area contributed by atoms with E-state index in [0.717, 1.165) is 0 Å². The fourth-order valence-corrected chi connectivity index (χ4v) is 1.95. The highest BCUT2D eigenvalue weighted by molar-refractivity contribution is 4.92. The van der Waals surface area contributed by atoms with Crippen molar-refractivity contribution in [1.29, 1.82) is 0 Å². The second kappa shape index (κ2) is 3.71.